The third-order valence-corrected chi connectivity index (χ3v) is 2.55. The molecule has 1 rings (SSSR count). The number of aliphatic hydroxyl groups is 2. The van der Waals surface area contributed by atoms with Crippen LogP contribution in [-0.2, 0) is 0 Å². The van der Waals surface area contributed by atoms with Crippen LogP contribution in [0.1, 0.15) is 22.0 Å². The fourth-order valence-corrected chi connectivity index (χ4v) is 1.47. The van der Waals surface area contributed by atoms with Gasteiger partial charge in [0.1, 0.15) is 6.10 Å². The molecule has 0 aliphatic rings. The fourth-order valence-electron chi connectivity index (χ4n) is 1.27. The largest absolute Gasteiger partial charge is 0.389 e. The number of nitrogen functional groups attached to an aromatic ring is 1. The highest BCUT2D eigenvalue weighted by molar-refractivity contribution is 7.80. The van der Waals surface area contributed by atoms with Crippen molar-refractivity contribution in [3.8, 4) is 0 Å². The predicted molar refractivity (Wildman–Crippen MR) is 62.9 cm³/mol. The number of hydrogen-bond acceptors (Lipinski definition) is 5. The van der Waals surface area contributed by atoms with Gasteiger partial charge in [-0.05, 0) is 17.7 Å². The highest BCUT2D eigenvalue weighted by Crippen LogP contribution is 2.18. The van der Waals surface area contributed by atoms with Gasteiger partial charge in [-0.3, -0.25) is 10.2 Å². The number of aliphatic hydroxyl groups excluding tert-OH is 2. The standard InChI is InChI=1S/C10H14N2O3S/c11-12-10(15)7-3-1-2-6(4-7)9(14)8(13)5-16/h1-4,8-9,13-14,16H,5,11H2,(H,12,15). The van der Waals surface area contributed by atoms with Crippen LogP contribution in [0.15, 0.2) is 24.3 Å². The van der Waals surface area contributed by atoms with Gasteiger partial charge in [-0.1, -0.05) is 12.1 Å². The Hall–Kier alpha value is -1.08. The molecule has 1 aromatic carbocycles. The van der Waals surface area contributed by atoms with Gasteiger partial charge in [0.25, 0.3) is 5.91 Å². The van der Waals surface area contributed by atoms with Crippen LogP contribution in [0, 0.1) is 0 Å². The van der Waals surface area contributed by atoms with Gasteiger partial charge < -0.3 is 10.2 Å². The van der Waals surface area contributed by atoms with E-state index in [1.807, 2.05) is 5.43 Å². The summed E-state index contributed by atoms with van der Waals surface area (Å²) in [5.74, 6) is 4.68. The first kappa shape index (κ1) is 13.0. The van der Waals surface area contributed by atoms with Gasteiger partial charge in [-0.25, -0.2) is 5.84 Å². The molecule has 0 aliphatic heterocycles. The minimum atomic E-state index is -1.07. The van der Waals surface area contributed by atoms with Crippen LogP contribution < -0.4 is 11.3 Å². The molecule has 0 fully saturated rings. The molecule has 0 aliphatic carbocycles. The lowest BCUT2D eigenvalue weighted by molar-refractivity contribution is 0.0337. The minimum absolute atomic E-state index is 0.133. The molecule has 1 amide bonds. The summed E-state index contributed by atoms with van der Waals surface area (Å²) in [7, 11) is 0. The summed E-state index contributed by atoms with van der Waals surface area (Å²) in [6.07, 6.45) is -2.04. The highest BCUT2D eigenvalue weighted by atomic mass is 32.1. The molecule has 0 heterocycles. The first-order valence-electron chi connectivity index (χ1n) is 4.68. The van der Waals surface area contributed by atoms with Crippen molar-refractivity contribution in [2.24, 2.45) is 5.84 Å². The number of thiol groups is 1. The van der Waals surface area contributed by atoms with E-state index in [2.05, 4.69) is 12.6 Å². The van der Waals surface area contributed by atoms with Crippen molar-refractivity contribution in [3.63, 3.8) is 0 Å². The summed E-state index contributed by atoms with van der Waals surface area (Å²) in [5, 5.41) is 19.1. The number of hydrazine groups is 1. The van der Waals surface area contributed by atoms with Gasteiger partial charge in [-0.15, -0.1) is 0 Å². The minimum Gasteiger partial charge on any atom is -0.389 e. The lowest BCUT2D eigenvalue weighted by atomic mass is 10.0. The van der Waals surface area contributed by atoms with Crippen molar-refractivity contribution in [1.29, 1.82) is 0 Å². The van der Waals surface area contributed by atoms with Gasteiger partial charge in [0, 0.05) is 11.3 Å². The molecular weight excluding hydrogens is 228 g/mol. The molecular formula is C10H14N2O3S. The third-order valence-electron chi connectivity index (χ3n) is 2.17. The molecule has 0 aromatic heterocycles. The maximum absolute atomic E-state index is 11.2. The second kappa shape index (κ2) is 5.86. The van der Waals surface area contributed by atoms with Gasteiger partial charge in [0.2, 0.25) is 0 Å². The molecule has 88 valence electrons. The fraction of sp³-hybridized carbons (Fsp3) is 0.300. The number of nitrogens with one attached hydrogen (secondary N) is 1. The van der Waals surface area contributed by atoms with Crippen molar-refractivity contribution in [1.82, 2.24) is 5.43 Å². The molecule has 0 radical (unpaired) electrons. The number of amides is 1. The lowest BCUT2D eigenvalue weighted by Crippen LogP contribution is -2.30. The molecule has 6 heteroatoms. The van der Waals surface area contributed by atoms with E-state index in [1.54, 1.807) is 18.2 Å². The van der Waals surface area contributed by atoms with Crippen molar-refractivity contribution < 1.29 is 15.0 Å². The summed E-state index contributed by atoms with van der Waals surface area (Å²) in [6.45, 7) is 0. The van der Waals surface area contributed by atoms with E-state index in [9.17, 15) is 15.0 Å². The first-order valence-corrected chi connectivity index (χ1v) is 5.31. The average molecular weight is 242 g/mol. The molecule has 5 nitrogen and oxygen atoms in total. The maximum atomic E-state index is 11.2. The van der Waals surface area contributed by atoms with Crippen molar-refractivity contribution in [2.45, 2.75) is 12.2 Å². The quantitative estimate of drug-likeness (QED) is 0.215. The third kappa shape index (κ3) is 2.96. The molecule has 0 saturated heterocycles. The molecule has 5 N–H and O–H groups in total. The molecule has 0 bridgehead atoms. The number of hydrogen-bond donors (Lipinski definition) is 5. The van der Waals surface area contributed by atoms with Crippen LogP contribution in [0.4, 0.5) is 0 Å². The molecule has 16 heavy (non-hydrogen) atoms. The Labute approximate surface area is 98.7 Å². The van der Waals surface area contributed by atoms with Crippen molar-refractivity contribution >= 4 is 18.5 Å². The Bertz CT molecular complexity index is 373. The topological polar surface area (TPSA) is 95.6 Å². The number of carbonyl (C=O) groups is 1. The highest BCUT2D eigenvalue weighted by Gasteiger charge is 2.17. The van der Waals surface area contributed by atoms with E-state index < -0.39 is 18.1 Å². The van der Waals surface area contributed by atoms with Crippen LogP contribution in [-0.4, -0.2) is 28.0 Å². The summed E-state index contributed by atoms with van der Waals surface area (Å²) >= 11 is 3.88. The lowest BCUT2D eigenvalue weighted by Gasteiger charge is -2.16. The number of benzene rings is 1. The smallest absolute Gasteiger partial charge is 0.265 e. The Morgan fingerprint density at radius 2 is 2.19 bits per heavy atom. The molecule has 0 saturated carbocycles. The Balaban J connectivity index is 2.94. The van der Waals surface area contributed by atoms with E-state index >= 15 is 0 Å². The van der Waals surface area contributed by atoms with Crippen LogP contribution >= 0.6 is 12.6 Å². The van der Waals surface area contributed by atoms with E-state index in [1.165, 1.54) is 6.07 Å². The SMILES string of the molecule is NNC(=O)c1cccc(C(O)C(O)CS)c1. The van der Waals surface area contributed by atoms with Crippen LogP contribution in [0.5, 0.6) is 0 Å². The Morgan fingerprint density at radius 1 is 1.50 bits per heavy atom. The van der Waals surface area contributed by atoms with E-state index in [0.717, 1.165) is 0 Å². The molecule has 0 spiro atoms. The van der Waals surface area contributed by atoms with Gasteiger partial charge in [0.15, 0.2) is 0 Å². The number of nitrogens with two attached hydrogens (primary N) is 1. The van der Waals surface area contributed by atoms with Crippen LogP contribution in [0.2, 0.25) is 0 Å². The zero-order chi connectivity index (χ0) is 12.1. The van der Waals surface area contributed by atoms with Crippen LogP contribution in [0.25, 0.3) is 0 Å². The van der Waals surface area contributed by atoms with Crippen molar-refractivity contribution in [2.75, 3.05) is 5.75 Å². The van der Waals surface area contributed by atoms with Gasteiger partial charge in [0.05, 0.1) is 6.10 Å². The second-order valence-corrected chi connectivity index (χ2v) is 3.66. The molecule has 1 aromatic rings. The average Bonchev–Trinajstić information content (AvgIpc) is 2.36. The zero-order valence-corrected chi connectivity index (χ0v) is 9.39. The van der Waals surface area contributed by atoms with E-state index in [4.69, 9.17) is 5.84 Å². The van der Waals surface area contributed by atoms with E-state index in [-0.39, 0.29) is 5.75 Å². The molecule has 2 atom stereocenters. The predicted octanol–water partition coefficient (Wildman–Crippen LogP) is -0.386. The Kier molecular flexibility index (Phi) is 4.75. The second-order valence-electron chi connectivity index (χ2n) is 3.29. The Morgan fingerprint density at radius 3 is 2.75 bits per heavy atom. The number of carbonyl (C=O) groups excluding carboxylic acids is 1. The summed E-state index contributed by atoms with van der Waals surface area (Å²) < 4.78 is 0. The molecule has 2 unspecified atom stereocenters. The van der Waals surface area contributed by atoms with E-state index in [0.29, 0.717) is 11.1 Å². The first-order chi connectivity index (χ1) is 7.60. The maximum Gasteiger partial charge on any atom is 0.265 e. The van der Waals surface area contributed by atoms with Crippen LogP contribution in [0.3, 0.4) is 0 Å². The zero-order valence-electron chi connectivity index (χ0n) is 8.50. The van der Waals surface area contributed by atoms with Crippen molar-refractivity contribution in [3.05, 3.63) is 35.4 Å². The summed E-state index contributed by atoms with van der Waals surface area (Å²) in [6, 6.07) is 6.25. The number of rotatable bonds is 4. The monoisotopic (exact) mass is 242 g/mol. The summed E-state index contributed by atoms with van der Waals surface area (Å²) in [4.78, 5) is 11.2. The summed E-state index contributed by atoms with van der Waals surface area (Å²) in [5.41, 5.74) is 2.76. The van der Waals surface area contributed by atoms with Gasteiger partial charge >= 0.3 is 0 Å². The normalized spacial score (nSPS) is 14.2. The van der Waals surface area contributed by atoms with Gasteiger partial charge in [-0.2, -0.15) is 12.6 Å².